The van der Waals surface area contributed by atoms with Gasteiger partial charge in [-0.3, -0.25) is 0 Å². The second-order valence-electron chi connectivity index (χ2n) is 4.92. The molecule has 0 heterocycles. The van der Waals surface area contributed by atoms with Crippen molar-refractivity contribution in [2.75, 3.05) is 0 Å². The molecule has 0 aliphatic heterocycles. The summed E-state index contributed by atoms with van der Waals surface area (Å²) >= 11 is 6.16. The molecule has 1 aliphatic rings. The third-order valence-electron chi connectivity index (χ3n) is 3.07. The molecule has 3 atom stereocenters. The topological polar surface area (TPSA) is 0 Å². The number of rotatable bonds is 0. The van der Waals surface area contributed by atoms with Crippen LogP contribution in [0.15, 0.2) is 0 Å². The van der Waals surface area contributed by atoms with Crippen LogP contribution in [0.5, 0.6) is 0 Å². The van der Waals surface area contributed by atoms with Crippen molar-refractivity contribution in [3.05, 3.63) is 0 Å². The molecule has 0 bridgehead atoms. The van der Waals surface area contributed by atoms with Gasteiger partial charge in [0.1, 0.15) is 0 Å². The quantitative estimate of drug-likeness (QED) is 0.492. The zero-order chi connectivity index (χ0) is 8.65. The average Bonchev–Trinajstić information content (AvgIpc) is 2.11. The van der Waals surface area contributed by atoms with Crippen molar-refractivity contribution < 1.29 is 0 Å². The molecule has 66 valence electrons. The Morgan fingerprint density at radius 1 is 1.18 bits per heavy atom. The Kier molecular flexibility index (Phi) is 2.53. The molecule has 0 spiro atoms. The van der Waals surface area contributed by atoms with E-state index in [1.165, 1.54) is 12.8 Å². The predicted molar refractivity (Wildman–Crippen MR) is 51.0 cm³/mol. The van der Waals surface area contributed by atoms with E-state index in [1.807, 2.05) is 0 Å². The number of hydrogen-bond acceptors (Lipinski definition) is 0. The van der Waals surface area contributed by atoms with E-state index in [9.17, 15) is 0 Å². The van der Waals surface area contributed by atoms with Crippen molar-refractivity contribution in [2.45, 2.75) is 45.9 Å². The summed E-state index contributed by atoms with van der Waals surface area (Å²) in [7, 11) is 0. The number of hydrogen-bond donors (Lipinski definition) is 0. The van der Waals surface area contributed by atoms with Gasteiger partial charge in [0.05, 0.1) is 0 Å². The molecular weight excluding hydrogens is 156 g/mol. The van der Waals surface area contributed by atoms with Gasteiger partial charge in [-0.25, -0.2) is 0 Å². The summed E-state index contributed by atoms with van der Waals surface area (Å²) in [5, 5.41) is 0.430. The molecular formula is C10H19Cl. The summed E-state index contributed by atoms with van der Waals surface area (Å²) in [6, 6.07) is 0. The van der Waals surface area contributed by atoms with Gasteiger partial charge in [-0.15, -0.1) is 11.6 Å². The van der Waals surface area contributed by atoms with E-state index >= 15 is 0 Å². The SMILES string of the molecule is CC1C(Cl)CCC1C(C)(C)C. The minimum absolute atomic E-state index is 0.430. The van der Waals surface area contributed by atoms with Gasteiger partial charge in [0, 0.05) is 5.38 Å². The van der Waals surface area contributed by atoms with Crippen LogP contribution in [-0.4, -0.2) is 5.38 Å². The Labute approximate surface area is 75.3 Å². The summed E-state index contributed by atoms with van der Waals surface area (Å²) in [5.41, 5.74) is 0.447. The van der Waals surface area contributed by atoms with Crippen molar-refractivity contribution in [1.82, 2.24) is 0 Å². The minimum atomic E-state index is 0.430. The molecule has 0 nitrogen and oxygen atoms in total. The highest BCUT2D eigenvalue weighted by molar-refractivity contribution is 6.20. The number of alkyl halides is 1. The van der Waals surface area contributed by atoms with Crippen molar-refractivity contribution in [3.8, 4) is 0 Å². The molecule has 1 fully saturated rings. The lowest BCUT2D eigenvalue weighted by Gasteiger charge is -2.31. The molecule has 1 saturated carbocycles. The number of halogens is 1. The maximum Gasteiger partial charge on any atom is 0.0364 e. The van der Waals surface area contributed by atoms with E-state index in [0.29, 0.717) is 16.7 Å². The zero-order valence-corrected chi connectivity index (χ0v) is 8.78. The molecule has 0 radical (unpaired) electrons. The second kappa shape index (κ2) is 2.97. The molecule has 0 aromatic rings. The first-order valence-corrected chi connectivity index (χ1v) is 5.00. The molecule has 0 amide bonds. The van der Waals surface area contributed by atoms with Crippen molar-refractivity contribution in [1.29, 1.82) is 0 Å². The van der Waals surface area contributed by atoms with Gasteiger partial charge in [-0.2, -0.15) is 0 Å². The average molecular weight is 175 g/mol. The summed E-state index contributed by atoms with van der Waals surface area (Å²) in [6.45, 7) is 9.26. The van der Waals surface area contributed by atoms with Gasteiger partial charge < -0.3 is 0 Å². The van der Waals surface area contributed by atoms with Crippen LogP contribution in [0.4, 0.5) is 0 Å². The van der Waals surface area contributed by atoms with Crippen molar-refractivity contribution in [3.63, 3.8) is 0 Å². The van der Waals surface area contributed by atoms with Crippen LogP contribution >= 0.6 is 11.6 Å². The van der Waals surface area contributed by atoms with Crippen LogP contribution in [0, 0.1) is 17.3 Å². The van der Waals surface area contributed by atoms with E-state index in [4.69, 9.17) is 11.6 Å². The van der Waals surface area contributed by atoms with E-state index in [2.05, 4.69) is 27.7 Å². The van der Waals surface area contributed by atoms with Gasteiger partial charge in [0.2, 0.25) is 0 Å². The molecule has 0 aromatic heterocycles. The first kappa shape index (κ1) is 9.38. The first-order valence-electron chi connectivity index (χ1n) is 4.57. The highest BCUT2D eigenvalue weighted by Crippen LogP contribution is 2.45. The lowest BCUT2D eigenvalue weighted by atomic mass is 9.75. The highest BCUT2D eigenvalue weighted by Gasteiger charge is 2.38. The first-order chi connectivity index (χ1) is 4.93. The van der Waals surface area contributed by atoms with Crippen LogP contribution < -0.4 is 0 Å². The van der Waals surface area contributed by atoms with Crippen LogP contribution in [0.3, 0.4) is 0 Å². The van der Waals surface area contributed by atoms with Crippen LogP contribution in [0.1, 0.15) is 40.5 Å². The minimum Gasteiger partial charge on any atom is -0.123 e. The lowest BCUT2D eigenvalue weighted by molar-refractivity contribution is 0.197. The molecule has 0 saturated heterocycles. The van der Waals surface area contributed by atoms with Crippen molar-refractivity contribution >= 4 is 11.6 Å². The highest BCUT2D eigenvalue weighted by atomic mass is 35.5. The summed E-state index contributed by atoms with van der Waals surface area (Å²) < 4.78 is 0. The van der Waals surface area contributed by atoms with E-state index in [0.717, 1.165) is 5.92 Å². The van der Waals surface area contributed by atoms with Gasteiger partial charge in [0.25, 0.3) is 0 Å². The predicted octanol–water partition coefficient (Wildman–Crippen LogP) is 3.69. The zero-order valence-electron chi connectivity index (χ0n) is 8.02. The Morgan fingerprint density at radius 3 is 1.91 bits per heavy atom. The summed E-state index contributed by atoms with van der Waals surface area (Å²) in [4.78, 5) is 0. The smallest absolute Gasteiger partial charge is 0.0364 e. The van der Waals surface area contributed by atoms with Gasteiger partial charge >= 0.3 is 0 Å². The molecule has 1 aliphatic carbocycles. The van der Waals surface area contributed by atoms with E-state index < -0.39 is 0 Å². The lowest BCUT2D eigenvalue weighted by Crippen LogP contribution is -2.24. The fourth-order valence-electron chi connectivity index (χ4n) is 2.34. The van der Waals surface area contributed by atoms with Crippen molar-refractivity contribution in [2.24, 2.45) is 17.3 Å². The normalized spacial score (nSPS) is 39.5. The largest absolute Gasteiger partial charge is 0.123 e. The molecule has 3 unspecified atom stereocenters. The fourth-order valence-corrected chi connectivity index (χ4v) is 2.64. The Balaban J connectivity index is 2.62. The van der Waals surface area contributed by atoms with Gasteiger partial charge in [-0.05, 0) is 30.1 Å². The Hall–Kier alpha value is 0.290. The summed E-state index contributed by atoms with van der Waals surface area (Å²) in [5.74, 6) is 1.53. The standard InChI is InChI=1S/C10H19Cl/c1-7-8(10(2,3)4)5-6-9(7)11/h7-9H,5-6H2,1-4H3. The maximum atomic E-state index is 6.16. The third kappa shape index (κ3) is 1.90. The van der Waals surface area contributed by atoms with Gasteiger partial charge in [0.15, 0.2) is 0 Å². The molecule has 1 heteroatoms. The Morgan fingerprint density at radius 2 is 1.73 bits per heavy atom. The van der Waals surface area contributed by atoms with E-state index in [-0.39, 0.29) is 0 Å². The fraction of sp³-hybridized carbons (Fsp3) is 1.00. The van der Waals surface area contributed by atoms with Crippen LogP contribution in [0.25, 0.3) is 0 Å². The molecule has 0 aromatic carbocycles. The van der Waals surface area contributed by atoms with E-state index in [1.54, 1.807) is 0 Å². The molecule has 11 heavy (non-hydrogen) atoms. The van der Waals surface area contributed by atoms with Gasteiger partial charge in [-0.1, -0.05) is 27.7 Å². The maximum absolute atomic E-state index is 6.16. The Bertz CT molecular complexity index is 134. The second-order valence-corrected chi connectivity index (χ2v) is 5.49. The monoisotopic (exact) mass is 174 g/mol. The molecule has 1 rings (SSSR count). The summed E-state index contributed by atoms with van der Waals surface area (Å²) in [6.07, 6.45) is 2.53. The van der Waals surface area contributed by atoms with Crippen LogP contribution in [-0.2, 0) is 0 Å². The molecule has 0 N–H and O–H groups in total. The third-order valence-corrected chi connectivity index (χ3v) is 3.69. The van der Waals surface area contributed by atoms with Crippen LogP contribution in [0.2, 0.25) is 0 Å².